The van der Waals surface area contributed by atoms with Crippen LogP contribution in [0.15, 0.2) is 0 Å². The summed E-state index contributed by atoms with van der Waals surface area (Å²) < 4.78 is 5.72. The van der Waals surface area contributed by atoms with Gasteiger partial charge in [-0.1, -0.05) is 19.8 Å². The fourth-order valence-electron chi connectivity index (χ4n) is 3.87. The van der Waals surface area contributed by atoms with Crippen molar-refractivity contribution in [2.24, 2.45) is 5.92 Å². The molecule has 2 aliphatic heterocycles. The van der Waals surface area contributed by atoms with Crippen LogP contribution < -0.4 is 5.32 Å². The van der Waals surface area contributed by atoms with Gasteiger partial charge >= 0.3 is 0 Å². The first-order valence-electron chi connectivity index (χ1n) is 7.97. The lowest BCUT2D eigenvalue weighted by Gasteiger charge is -2.30. The molecule has 3 unspecified atom stereocenters. The molecule has 0 spiro atoms. The van der Waals surface area contributed by atoms with Crippen molar-refractivity contribution in [3.05, 3.63) is 0 Å². The summed E-state index contributed by atoms with van der Waals surface area (Å²) in [5, 5.41) is 3.58. The molecule has 1 aliphatic carbocycles. The second-order valence-corrected chi connectivity index (χ2v) is 6.24. The van der Waals surface area contributed by atoms with E-state index in [0.29, 0.717) is 11.8 Å². The second kappa shape index (κ2) is 5.80. The van der Waals surface area contributed by atoms with E-state index < -0.39 is 0 Å². The van der Waals surface area contributed by atoms with Crippen LogP contribution in [0.2, 0.25) is 0 Å². The first-order chi connectivity index (χ1) is 9.29. The van der Waals surface area contributed by atoms with Gasteiger partial charge in [-0.25, -0.2) is 0 Å². The first kappa shape index (κ1) is 13.4. The minimum Gasteiger partial charge on any atom is -0.376 e. The van der Waals surface area contributed by atoms with E-state index in [4.69, 9.17) is 4.74 Å². The molecule has 3 aliphatic rings. The van der Waals surface area contributed by atoms with E-state index in [1.807, 2.05) is 0 Å². The fraction of sp³-hybridized carbons (Fsp3) is 0.933. The average molecular weight is 266 g/mol. The monoisotopic (exact) mass is 266 g/mol. The Morgan fingerprint density at radius 1 is 1.26 bits per heavy atom. The number of hydrogen-bond donors (Lipinski definition) is 1. The lowest BCUT2D eigenvalue weighted by atomic mass is 10.0. The highest BCUT2D eigenvalue weighted by Crippen LogP contribution is 2.33. The summed E-state index contributed by atoms with van der Waals surface area (Å²) in [7, 11) is 0. The maximum atomic E-state index is 12.5. The summed E-state index contributed by atoms with van der Waals surface area (Å²) in [4.78, 5) is 14.6. The zero-order valence-corrected chi connectivity index (χ0v) is 11.9. The zero-order chi connectivity index (χ0) is 13.2. The summed E-state index contributed by atoms with van der Waals surface area (Å²) in [5.74, 6) is 0.955. The highest BCUT2D eigenvalue weighted by atomic mass is 16.5. The van der Waals surface area contributed by atoms with Crippen molar-refractivity contribution in [1.82, 2.24) is 10.2 Å². The fourth-order valence-corrected chi connectivity index (χ4v) is 3.87. The molecular formula is C15H26N2O2. The molecule has 4 heteroatoms. The zero-order valence-electron chi connectivity index (χ0n) is 11.9. The van der Waals surface area contributed by atoms with Crippen LogP contribution in [0.1, 0.15) is 51.9 Å². The van der Waals surface area contributed by atoms with Crippen molar-refractivity contribution in [1.29, 1.82) is 0 Å². The number of carbonyl (C=O) groups excluding carboxylic acids is 1. The minimum atomic E-state index is 0.0343. The molecule has 3 rings (SSSR count). The first-order valence-corrected chi connectivity index (χ1v) is 7.97. The van der Waals surface area contributed by atoms with Crippen molar-refractivity contribution in [2.45, 2.75) is 70.2 Å². The van der Waals surface area contributed by atoms with Gasteiger partial charge in [-0.15, -0.1) is 0 Å². The summed E-state index contributed by atoms with van der Waals surface area (Å²) in [6.07, 6.45) is 8.86. The molecule has 1 amide bonds. The Labute approximate surface area is 115 Å². The van der Waals surface area contributed by atoms with E-state index >= 15 is 0 Å². The highest BCUT2D eigenvalue weighted by Gasteiger charge is 2.43. The molecule has 3 atom stereocenters. The van der Waals surface area contributed by atoms with Gasteiger partial charge in [-0.2, -0.15) is 0 Å². The maximum Gasteiger partial charge on any atom is 0.241 e. The van der Waals surface area contributed by atoms with Gasteiger partial charge in [0.15, 0.2) is 0 Å². The van der Waals surface area contributed by atoms with Crippen molar-refractivity contribution in [2.75, 3.05) is 13.2 Å². The molecule has 3 fully saturated rings. The predicted molar refractivity (Wildman–Crippen MR) is 73.6 cm³/mol. The maximum absolute atomic E-state index is 12.5. The number of amides is 1. The third-order valence-corrected chi connectivity index (χ3v) is 4.97. The topological polar surface area (TPSA) is 41.6 Å². The molecule has 0 aromatic heterocycles. The lowest BCUT2D eigenvalue weighted by Crippen LogP contribution is -2.45. The number of ether oxygens (including phenoxy) is 1. The van der Waals surface area contributed by atoms with E-state index in [1.165, 1.54) is 25.7 Å². The standard InChI is InChI=1S/C15H26N2O2/c1-2-13-15(18)17(10-12-8-5-9-19-12)14(16-13)11-6-3-4-7-11/h11-14,16H,2-10H2,1H3. The van der Waals surface area contributed by atoms with Gasteiger partial charge in [0.05, 0.1) is 18.3 Å². The molecule has 0 radical (unpaired) electrons. The number of rotatable bonds is 4. The van der Waals surface area contributed by atoms with Crippen LogP contribution in [0.4, 0.5) is 0 Å². The number of carbonyl (C=O) groups is 1. The molecule has 0 aromatic carbocycles. The van der Waals surface area contributed by atoms with Crippen LogP contribution in [-0.2, 0) is 9.53 Å². The van der Waals surface area contributed by atoms with Crippen LogP contribution in [-0.4, -0.2) is 42.3 Å². The Hall–Kier alpha value is -0.610. The molecule has 0 bridgehead atoms. The van der Waals surface area contributed by atoms with Gasteiger partial charge in [0, 0.05) is 13.2 Å². The van der Waals surface area contributed by atoms with Crippen molar-refractivity contribution >= 4 is 5.91 Å². The van der Waals surface area contributed by atoms with Crippen LogP contribution in [0.5, 0.6) is 0 Å². The molecule has 108 valence electrons. The lowest BCUT2D eigenvalue weighted by molar-refractivity contribution is -0.132. The molecule has 1 N–H and O–H groups in total. The van der Waals surface area contributed by atoms with Gasteiger partial charge in [0.1, 0.15) is 0 Å². The Morgan fingerprint density at radius 2 is 2.05 bits per heavy atom. The Kier molecular flexibility index (Phi) is 4.08. The van der Waals surface area contributed by atoms with Gasteiger partial charge in [0.25, 0.3) is 0 Å². The van der Waals surface area contributed by atoms with Gasteiger partial charge in [0.2, 0.25) is 5.91 Å². The van der Waals surface area contributed by atoms with E-state index in [0.717, 1.165) is 32.4 Å². The Morgan fingerprint density at radius 3 is 2.68 bits per heavy atom. The van der Waals surface area contributed by atoms with Gasteiger partial charge in [-0.3, -0.25) is 10.1 Å². The third-order valence-electron chi connectivity index (χ3n) is 4.97. The smallest absolute Gasteiger partial charge is 0.241 e. The summed E-state index contributed by atoms with van der Waals surface area (Å²) in [6, 6.07) is 0.0343. The van der Waals surface area contributed by atoms with E-state index in [9.17, 15) is 4.79 Å². The predicted octanol–water partition coefficient (Wildman–Crippen LogP) is 1.89. The van der Waals surface area contributed by atoms with Crippen LogP contribution >= 0.6 is 0 Å². The highest BCUT2D eigenvalue weighted by molar-refractivity contribution is 5.84. The van der Waals surface area contributed by atoms with Crippen molar-refractivity contribution in [3.8, 4) is 0 Å². The normalized spacial score (nSPS) is 36.6. The van der Waals surface area contributed by atoms with Gasteiger partial charge in [-0.05, 0) is 38.0 Å². The summed E-state index contributed by atoms with van der Waals surface area (Å²) in [5.41, 5.74) is 0. The van der Waals surface area contributed by atoms with E-state index in [1.54, 1.807) is 0 Å². The van der Waals surface area contributed by atoms with Crippen LogP contribution in [0.25, 0.3) is 0 Å². The summed E-state index contributed by atoms with van der Waals surface area (Å²) in [6.45, 7) is 3.76. The minimum absolute atomic E-state index is 0.0343. The molecule has 19 heavy (non-hydrogen) atoms. The van der Waals surface area contributed by atoms with Crippen molar-refractivity contribution < 1.29 is 9.53 Å². The Bertz CT molecular complexity index is 322. The number of nitrogens with zero attached hydrogens (tertiary/aromatic N) is 1. The molecule has 2 saturated heterocycles. The molecular weight excluding hydrogens is 240 g/mol. The molecule has 1 saturated carbocycles. The average Bonchev–Trinajstić information content (AvgIpc) is 3.13. The molecule has 4 nitrogen and oxygen atoms in total. The molecule has 2 heterocycles. The summed E-state index contributed by atoms with van der Waals surface area (Å²) >= 11 is 0. The quantitative estimate of drug-likeness (QED) is 0.845. The van der Waals surface area contributed by atoms with E-state index in [2.05, 4.69) is 17.1 Å². The van der Waals surface area contributed by atoms with E-state index in [-0.39, 0.29) is 18.3 Å². The van der Waals surface area contributed by atoms with Gasteiger partial charge < -0.3 is 9.64 Å². The number of nitrogens with one attached hydrogen (secondary N) is 1. The number of hydrogen-bond acceptors (Lipinski definition) is 3. The van der Waals surface area contributed by atoms with Crippen LogP contribution in [0, 0.1) is 5.92 Å². The van der Waals surface area contributed by atoms with Crippen molar-refractivity contribution in [3.63, 3.8) is 0 Å². The second-order valence-electron chi connectivity index (χ2n) is 6.24. The Balaban J connectivity index is 1.69. The third kappa shape index (κ3) is 2.65. The largest absolute Gasteiger partial charge is 0.376 e. The SMILES string of the molecule is CCC1NC(C2CCCC2)N(CC2CCCO2)C1=O. The van der Waals surface area contributed by atoms with Crippen LogP contribution in [0.3, 0.4) is 0 Å². The molecule has 0 aromatic rings.